The van der Waals surface area contributed by atoms with E-state index in [0.29, 0.717) is 6.54 Å². The Balaban J connectivity index is 2.12. The molecule has 0 N–H and O–H groups in total. The fraction of sp³-hybridized carbons (Fsp3) is 0.600. The van der Waals surface area contributed by atoms with Crippen molar-refractivity contribution in [1.29, 1.82) is 0 Å². The lowest BCUT2D eigenvalue weighted by atomic mass is 10.1. The molecule has 2 rings (SSSR count). The van der Waals surface area contributed by atoms with E-state index in [9.17, 15) is 4.79 Å². The lowest BCUT2D eigenvalue weighted by Crippen LogP contribution is -2.41. The van der Waals surface area contributed by atoms with Crippen molar-refractivity contribution >= 4 is 23.4 Å². The average Bonchev–Trinajstić information content (AvgIpc) is 2.98. The van der Waals surface area contributed by atoms with E-state index in [2.05, 4.69) is 4.98 Å². The molecular weight excluding hydrogens is 272 g/mol. The van der Waals surface area contributed by atoms with E-state index in [1.54, 1.807) is 24.2 Å². The van der Waals surface area contributed by atoms with E-state index in [-0.39, 0.29) is 17.9 Å². The van der Waals surface area contributed by atoms with Gasteiger partial charge in [-0.25, -0.2) is 0 Å². The molecule has 0 spiro atoms. The van der Waals surface area contributed by atoms with Gasteiger partial charge in [0.25, 0.3) is 0 Å². The van der Waals surface area contributed by atoms with E-state index in [1.165, 1.54) is 0 Å². The molecule has 1 aliphatic heterocycles. The second-order valence-electron chi connectivity index (χ2n) is 5.15. The van der Waals surface area contributed by atoms with Gasteiger partial charge in [0.1, 0.15) is 0 Å². The Labute approximate surface area is 124 Å². The van der Waals surface area contributed by atoms with E-state index in [0.717, 1.165) is 30.9 Å². The maximum Gasteiger partial charge on any atom is 0.230 e. The molecule has 1 fully saturated rings. The Morgan fingerprint density at radius 1 is 1.55 bits per heavy atom. The maximum atomic E-state index is 12.7. The molecule has 1 amide bonds. The van der Waals surface area contributed by atoms with Crippen molar-refractivity contribution in [3.8, 4) is 0 Å². The third kappa shape index (κ3) is 3.96. The largest absolute Gasteiger partial charge is 0.376 e. The van der Waals surface area contributed by atoms with Gasteiger partial charge in [0.15, 0.2) is 0 Å². The number of thioether (sulfide) groups is 1. The minimum atomic E-state index is 0.0135. The van der Waals surface area contributed by atoms with Crippen LogP contribution in [0.15, 0.2) is 24.5 Å². The standard InChI is InChI=1S/C15H22N2O2S/c1-12(11-20-2)15(18)17(10-14-4-3-9-19-14)13-5-7-16-8-6-13/h5-8,12,14H,3-4,9-11H2,1-2H3/t12-,14+/m0/s1. The zero-order chi connectivity index (χ0) is 14.4. The summed E-state index contributed by atoms with van der Waals surface area (Å²) in [6, 6.07) is 3.78. The monoisotopic (exact) mass is 294 g/mol. The number of ether oxygens (including phenoxy) is 1. The number of hydrogen-bond donors (Lipinski definition) is 0. The van der Waals surface area contributed by atoms with Crippen molar-refractivity contribution < 1.29 is 9.53 Å². The Morgan fingerprint density at radius 2 is 2.30 bits per heavy atom. The van der Waals surface area contributed by atoms with E-state index in [4.69, 9.17) is 4.74 Å². The molecule has 0 unspecified atom stereocenters. The predicted molar refractivity (Wildman–Crippen MR) is 83.1 cm³/mol. The third-order valence-electron chi connectivity index (χ3n) is 3.49. The summed E-state index contributed by atoms with van der Waals surface area (Å²) in [7, 11) is 0. The molecule has 2 atom stereocenters. The molecule has 20 heavy (non-hydrogen) atoms. The summed E-state index contributed by atoms with van der Waals surface area (Å²) in [5.74, 6) is 1.02. The number of pyridine rings is 1. The first-order valence-electron chi connectivity index (χ1n) is 7.04. The zero-order valence-corrected chi connectivity index (χ0v) is 12.9. The highest BCUT2D eigenvalue weighted by atomic mass is 32.2. The molecule has 110 valence electrons. The van der Waals surface area contributed by atoms with Crippen molar-refractivity contribution in [1.82, 2.24) is 4.98 Å². The summed E-state index contributed by atoms with van der Waals surface area (Å²) in [6.07, 6.45) is 7.76. The number of amides is 1. The minimum Gasteiger partial charge on any atom is -0.376 e. The van der Waals surface area contributed by atoms with Gasteiger partial charge in [0.2, 0.25) is 5.91 Å². The lowest BCUT2D eigenvalue weighted by Gasteiger charge is -2.28. The molecule has 1 aromatic heterocycles. The second-order valence-corrected chi connectivity index (χ2v) is 6.06. The van der Waals surface area contributed by atoms with Crippen LogP contribution >= 0.6 is 11.8 Å². The highest BCUT2D eigenvalue weighted by molar-refractivity contribution is 7.98. The molecule has 1 aliphatic rings. The van der Waals surface area contributed by atoms with Gasteiger partial charge in [-0.15, -0.1) is 0 Å². The number of carbonyl (C=O) groups is 1. The van der Waals surface area contributed by atoms with Crippen molar-refractivity contribution in [2.75, 3.05) is 30.1 Å². The van der Waals surface area contributed by atoms with Gasteiger partial charge >= 0.3 is 0 Å². The van der Waals surface area contributed by atoms with Gasteiger partial charge in [-0.05, 0) is 31.2 Å². The SMILES string of the molecule is CSC[C@H](C)C(=O)N(C[C@H]1CCCO1)c1ccncc1. The van der Waals surface area contributed by atoms with Crippen LogP contribution in [0.1, 0.15) is 19.8 Å². The number of aromatic nitrogens is 1. The molecule has 2 heterocycles. The zero-order valence-electron chi connectivity index (χ0n) is 12.1. The van der Waals surface area contributed by atoms with E-state index >= 15 is 0 Å². The number of hydrogen-bond acceptors (Lipinski definition) is 4. The first kappa shape index (κ1) is 15.3. The molecule has 1 saturated heterocycles. The van der Waals surface area contributed by atoms with Crippen LogP contribution in [-0.4, -0.2) is 42.2 Å². The van der Waals surface area contributed by atoms with E-state index in [1.807, 2.05) is 30.2 Å². The van der Waals surface area contributed by atoms with Crippen LogP contribution in [0.2, 0.25) is 0 Å². The number of anilines is 1. The molecule has 0 aromatic carbocycles. The fourth-order valence-corrected chi connectivity index (χ4v) is 3.07. The van der Waals surface area contributed by atoms with Crippen molar-refractivity contribution in [3.05, 3.63) is 24.5 Å². The Bertz CT molecular complexity index is 421. The van der Waals surface area contributed by atoms with E-state index < -0.39 is 0 Å². The number of carbonyl (C=O) groups excluding carboxylic acids is 1. The highest BCUT2D eigenvalue weighted by Crippen LogP contribution is 2.21. The molecule has 1 aromatic rings. The van der Waals surface area contributed by atoms with Crippen LogP contribution in [0, 0.1) is 5.92 Å². The van der Waals surface area contributed by atoms with Gasteiger partial charge in [0, 0.05) is 36.4 Å². The molecular formula is C15H22N2O2S. The van der Waals surface area contributed by atoms with Crippen molar-refractivity contribution in [2.45, 2.75) is 25.9 Å². The summed E-state index contributed by atoms with van der Waals surface area (Å²) in [5.41, 5.74) is 0.911. The van der Waals surface area contributed by atoms with Crippen LogP contribution in [0.4, 0.5) is 5.69 Å². The number of rotatable bonds is 6. The number of nitrogens with zero attached hydrogens (tertiary/aromatic N) is 2. The molecule has 0 saturated carbocycles. The Kier molecular flexibility index (Phi) is 5.86. The summed E-state index contributed by atoms with van der Waals surface area (Å²) in [5, 5.41) is 0. The van der Waals surface area contributed by atoms with Crippen LogP contribution in [0.3, 0.4) is 0 Å². The minimum absolute atomic E-state index is 0.0135. The van der Waals surface area contributed by atoms with Crippen LogP contribution in [0.5, 0.6) is 0 Å². The lowest BCUT2D eigenvalue weighted by molar-refractivity contribution is -0.121. The van der Waals surface area contributed by atoms with Gasteiger partial charge in [-0.1, -0.05) is 6.92 Å². The molecule has 0 radical (unpaired) electrons. The molecule has 5 heteroatoms. The second kappa shape index (κ2) is 7.64. The van der Waals surface area contributed by atoms with Gasteiger partial charge < -0.3 is 9.64 Å². The molecule has 0 aliphatic carbocycles. The normalized spacial score (nSPS) is 19.8. The van der Waals surface area contributed by atoms with Gasteiger partial charge in [0.05, 0.1) is 12.6 Å². The van der Waals surface area contributed by atoms with Crippen LogP contribution in [0.25, 0.3) is 0 Å². The third-order valence-corrected chi connectivity index (χ3v) is 4.32. The highest BCUT2D eigenvalue weighted by Gasteiger charge is 2.26. The summed E-state index contributed by atoms with van der Waals surface area (Å²) in [4.78, 5) is 18.5. The Morgan fingerprint density at radius 3 is 2.90 bits per heavy atom. The smallest absolute Gasteiger partial charge is 0.230 e. The van der Waals surface area contributed by atoms with Crippen LogP contribution in [-0.2, 0) is 9.53 Å². The summed E-state index contributed by atoms with van der Waals surface area (Å²) >= 11 is 1.70. The van der Waals surface area contributed by atoms with Crippen molar-refractivity contribution in [3.63, 3.8) is 0 Å². The fourth-order valence-electron chi connectivity index (χ4n) is 2.43. The average molecular weight is 294 g/mol. The molecule has 0 bridgehead atoms. The Hall–Kier alpha value is -1.07. The first-order valence-corrected chi connectivity index (χ1v) is 8.43. The summed E-state index contributed by atoms with van der Waals surface area (Å²) < 4.78 is 5.68. The van der Waals surface area contributed by atoms with Crippen molar-refractivity contribution in [2.24, 2.45) is 5.92 Å². The maximum absolute atomic E-state index is 12.7. The summed E-state index contributed by atoms with van der Waals surface area (Å²) in [6.45, 7) is 3.44. The first-order chi connectivity index (χ1) is 9.72. The van der Waals surface area contributed by atoms with Gasteiger partial charge in [-0.2, -0.15) is 11.8 Å². The molecule has 4 nitrogen and oxygen atoms in total. The predicted octanol–water partition coefficient (Wildman–Crippen LogP) is 2.59. The topological polar surface area (TPSA) is 42.4 Å². The van der Waals surface area contributed by atoms with Gasteiger partial charge in [-0.3, -0.25) is 9.78 Å². The quantitative estimate of drug-likeness (QED) is 0.809. The van der Waals surface area contributed by atoms with Crippen LogP contribution < -0.4 is 4.90 Å².